The Kier molecular flexibility index (Phi) is 9.64. The molecule has 5 nitrogen and oxygen atoms in total. The lowest BCUT2D eigenvalue weighted by Crippen LogP contribution is -2.26. The second-order valence-corrected chi connectivity index (χ2v) is 6.73. The van der Waals surface area contributed by atoms with Crippen LogP contribution in [0.5, 0.6) is 0 Å². The number of carbonyl (C=O) groups is 1. The van der Waals surface area contributed by atoms with Crippen molar-refractivity contribution < 1.29 is 4.79 Å². The Bertz CT molecular complexity index is 780. The van der Waals surface area contributed by atoms with Gasteiger partial charge in [0.15, 0.2) is 5.96 Å². The second-order valence-electron chi connectivity index (χ2n) is 5.81. The first-order valence-electron chi connectivity index (χ1n) is 8.13. The Balaban J connectivity index is 0.00000338. The lowest BCUT2D eigenvalue weighted by molar-refractivity contribution is 0.0953. The van der Waals surface area contributed by atoms with Crippen LogP contribution < -0.4 is 16.4 Å². The van der Waals surface area contributed by atoms with E-state index in [-0.39, 0.29) is 29.9 Å². The number of nitrogens with zero attached hydrogens (tertiary/aromatic N) is 1. The van der Waals surface area contributed by atoms with Crippen LogP contribution in [0.25, 0.3) is 0 Å². The van der Waals surface area contributed by atoms with Gasteiger partial charge in [0.2, 0.25) is 0 Å². The van der Waals surface area contributed by atoms with Gasteiger partial charge in [0, 0.05) is 28.8 Å². The van der Waals surface area contributed by atoms with Crippen molar-refractivity contribution in [3.05, 3.63) is 63.6 Å². The van der Waals surface area contributed by atoms with Gasteiger partial charge >= 0.3 is 0 Å². The predicted molar refractivity (Wildman–Crippen MR) is 123 cm³/mol. The molecular weight excluding hydrogens is 507 g/mol. The number of aryl methyl sites for hydroxylation is 2. The molecule has 0 saturated carbocycles. The molecule has 0 radical (unpaired) electrons. The molecule has 0 aliphatic heterocycles. The predicted octanol–water partition coefficient (Wildman–Crippen LogP) is 4.23. The van der Waals surface area contributed by atoms with Crippen LogP contribution in [0, 0.1) is 13.8 Å². The number of aliphatic imine (C=N–C) groups is 1. The number of nitrogens with one attached hydrogen (secondary N) is 2. The molecule has 2 rings (SSSR count). The van der Waals surface area contributed by atoms with E-state index in [1.807, 2.05) is 30.3 Å². The maximum atomic E-state index is 12.0. The molecule has 0 atom stereocenters. The van der Waals surface area contributed by atoms with Gasteiger partial charge in [-0.15, -0.1) is 24.0 Å². The van der Waals surface area contributed by atoms with Crippen LogP contribution in [0.2, 0.25) is 0 Å². The van der Waals surface area contributed by atoms with Crippen molar-refractivity contribution in [2.75, 3.05) is 18.4 Å². The molecule has 140 valence electrons. The minimum Gasteiger partial charge on any atom is -0.370 e. The number of carbonyl (C=O) groups excluding carboxylic acids is 1. The summed E-state index contributed by atoms with van der Waals surface area (Å²) in [6.07, 6.45) is 0.717. The van der Waals surface area contributed by atoms with Gasteiger partial charge in [-0.1, -0.05) is 28.1 Å². The highest BCUT2D eigenvalue weighted by Gasteiger charge is 2.04. The number of nitrogens with two attached hydrogens (primary N) is 1. The fourth-order valence-corrected chi connectivity index (χ4v) is 2.62. The smallest absolute Gasteiger partial charge is 0.251 e. The van der Waals surface area contributed by atoms with Gasteiger partial charge in [0.1, 0.15) is 0 Å². The topological polar surface area (TPSA) is 79.5 Å². The Labute approximate surface area is 180 Å². The number of anilines is 1. The van der Waals surface area contributed by atoms with Gasteiger partial charge < -0.3 is 16.4 Å². The van der Waals surface area contributed by atoms with Crippen LogP contribution in [-0.2, 0) is 0 Å². The molecule has 0 aliphatic rings. The second kappa shape index (κ2) is 11.2. The van der Waals surface area contributed by atoms with Gasteiger partial charge in [-0.25, -0.2) is 0 Å². The number of halogens is 2. The molecule has 0 aromatic heterocycles. The van der Waals surface area contributed by atoms with Crippen LogP contribution in [0.15, 0.2) is 51.9 Å². The Morgan fingerprint density at radius 2 is 1.92 bits per heavy atom. The third-order valence-electron chi connectivity index (χ3n) is 3.77. The van der Waals surface area contributed by atoms with Crippen molar-refractivity contribution in [2.45, 2.75) is 20.3 Å². The third kappa shape index (κ3) is 7.33. The van der Waals surface area contributed by atoms with Crippen molar-refractivity contribution in [1.29, 1.82) is 0 Å². The first-order chi connectivity index (χ1) is 12.0. The van der Waals surface area contributed by atoms with E-state index in [1.165, 1.54) is 11.1 Å². The van der Waals surface area contributed by atoms with E-state index >= 15 is 0 Å². The SMILES string of the molecule is Cc1ccc(NC(N)=NCCCNC(=O)c2cccc(Br)c2)cc1C.I. The Hall–Kier alpha value is -1.61. The van der Waals surface area contributed by atoms with Gasteiger partial charge in [-0.2, -0.15) is 0 Å². The third-order valence-corrected chi connectivity index (χ3v) is 4.26. The van der Waals surface area contributed by atoms with E-state index < -0.39 is 0 Å². The minimum absolute atomic E-state index is 0. The number of rotatable bonds is 6. The molecule has 1 amide bonds. The molecule has 26 heavy (non-hydrogen) atoms. The first kappa shape index (κ1) is 22.4. The van der Waals surface area contributed by atoms with E-state index in [2.05, 4.69) is 45.4 Å². The molecule has 2 aromatic carbocycles. The Morgan fingerprint density at radius 3 is 2.62 bits per heavy atom. The molecule has 4 N–H and O–H groups in total. The van der Waals surface area contributed by atoms with Gasteiger partial charge in [-0.05, 0) is 61.7 Å². The maximum absolute atomic E-state index is 12.0. The molecule has 0 bridgehead atoms. The molecule has 0 saturated heterocycles. The zero-order chi connectivity index (χ0) is 18.2. The highest BCUT2D eigenvalue weighted by atomic mass is 127. The van der Waals surface area contributed by atoms with E-state index in [1.54, 1.807) is 12.1 Å². The van der Waals surface area contributed by atoms with E-state index in [9.17, 15) is 4.79 Å². The zero-order valence-electron chi connectivity index (χ0n) is 14.9. The summed E-state index contributed by atoms with van der Waals surface area (Å²) in [6, 6.07) is 13.4. The summed E-state index contributed by atoms with van der Waals surface area (Å²) in [4.78, 5) is 16.3. The standard InChI is InChI=1S/C19H23BrN4O.HI/c1-13-7-8-17(11-14(13)2)24-19(21)23-10-4-9-22-18(25)15-5-3-6-16(20)12-15;/h3,5-8,11-12H,4,9-10H2,1-2H3,(H,22,25)(H3,21,23,24);1H. The largest absolute Gasteiger partial charge is 0.370 e. The van der Waals surface area contributed by atoms with E-state index in [0.717, 1.165) is 16.6 Å². The van der Waals surface area contributed by atoms with Crippen molar-refractivity contribution in [1.82, 2.24) is 5.32 Å². The fourth-order valence-electron chi connectivity index (χ4n) is 2.22. The van der Waals surface area contributed by atoms with Crippen molar-refractivity contribution in [2.24, 2.45) is 10.7 Å². The summed E-state index contributed by atoms with van der Waals surface area (Å²) in [5.41, 5.74) is 9.89. The first-order valence-corrected chi connectivity index (χ1v) is 8.93. The number of benzene rings is 2. The fraction of sp³-hybridized carbons (Fsp3) is 0.263. The quantitative estimate of drug-likeness (QED) is 0.226. The number of hydrogen-bond donors (Lipinski definition) is 3. The summed E-state index contributed by atoms with van der Waals surface area (Å²) in [6.45, 7) is 5.22. The summed E-state index contributed by atoms with van der Waals surface area (Å²) in [5, 5.41) is 5.95. The van der Waals surface area contributed by atoms with E-state index in [4.69, 9.17) is 5.73 Å². The monoisotopic (exact) mass is 530 g/mol. The van der Waals surface area contributed by atoms with Gasteiger partial charge in [0.25, 0.3) is 5.91 Å². The normalized spacial score (nSPS) is 10.8. The zero-order valence-corrected chi connectivity index (χ0v) is 18.8. The molecule has 0 fully saturated rings. The summed E-state index contributed by atoms with van der Waals surface area (Å²) in [7, 11) is 0. The molecule has 0 spiro atoms. The molecular formula is C19H24BrIN4O. The van der Waals surface area contributed by atoms with Crippen molar-refractivity contribution in [3.63, 3.8) is 0 Å². The number of amides is 1. The van der Waals surface area contributed by atoms with Gasteiger partial charge in [0.05, 0.1) is 0 Å². The highest BCUT2D eigenvalue weighted by molar-refractivity contribution is 14.0. The molecule has 2 aromatic rings. The van der Waals surface area contributed by atoms with Crippen molar-refractivity contribution >= 4 is 57.5 Å². The van der Waals surface area contributed by atoms with Gasteiger partial charge in [-0.3, -0.25) is 9.79 Å². The summed E-state index contributed by atoms with van der Waals surface area (Å²) in [5.74, 6) is 0.285. The minimum atomic E-state index is -0.0912. The number of guanidine groups is 1. The lowest BCUT2D eigenvalue weighted by atomic mass is 10.1. The van der Waals surface area contributed by atoms with E-state index in [0.29, 0.717) is 24.6 Å². The average Bonchev–Trinajstić information content (AvgIpc) is 2.57. The number of hydrogen-bond acceptors (Lipinski definition) is 2. The van der Waals surface area contributed by atoms with Crippen LogP contribution >= 0.6 is 39.9 Å². The summed E-state index contributed by atoms with van der Waals surface area (Å²) < 4.78 is 0.884. The maximum Gasteiger partial charge on any atom is 0.251 e. The molecule has 0 heterocycles. The average molecular weight is 531 g/mol. The molecule has 0 aliphatic carbocycles. The van der Waals surface area contributed by atoms with Crippen LogP contribution in [0.1, 0.15) is 27.9 Å². The van der Waals surface area contributed by atoms with Crippen molar-refractivity contribution in [3.8, 4) is 0 Å². The molecule has 7 heteroatoms. The highest BCUT2D eigenvalue weighted by Crippen LogP contribution is 2.14. The lowest BCUT2D eigenvalue weighted by Gasteiger charge is -2.08. The van der Waals surface area contributed by atoms with Crippen LogP contribution in [0.4, 0.5) is 5.69 Å². The van der Waals surface area contributed by atoms with Crippen LogP contribution in [-0.4, -0.2) is 25.0 Å². The summed E-state index contributed by atoms with van der Waals surface area (Å²) >= 11 is 3.36. The van der Waals surface area contributed by atoms with Crippen LogP contribution in [0.3, 0.4) is 0 Å². The molecule has 0 unspecified atom stereocenters. The Morgan fingerprint density at radius 1 is 1.15 bits per heavy atom.